The maximum absolute atomic E-state index is 13.5. The minimum absolute atomic E-state index is 0.0566. The largest absolute Gasteiger partial charge is 0.289 e. The van der Waals surface area contributed by atoms with E-state index in [1.807, 2.05) is 6.07 Å². The Bertz CT molecular complexity index is 1590. The standard InChI is InChI=1S/C28H20FN7O/c1-18-24(17-31)25(21-12-10-19(16-30)11-13-21)36-28(35(18)23-9-5-6-20(14-23)15-29)33-27(34-36)32-26(37)22-7-3-2-4-8-22/h2-14,25H,15H2,1H3,(H,32,34,37)/t25-/m1/s1. The van der Waals surface area contributed by atoms with Gasteiger partial charge in [-0.1, -0.05) is 42.5 Å². The molecule has 0 aliphatic carbocycles. The first-order chi connectivity index (χ1) is 18.0. The Morgan fingerprint density at radius 1 is 1.03 bits per heavy atom. The fourth-order valence-corrected chi connectivity index (χ4v) is 4.33. The molecule has 2 heterocycles. The van der Waals surface area contributed by atoms with E-state index in [0.717, 1.165) is 5.56 Å². The molecule has 0 fully saturated rings. The van der Waals surface area contributed by atoms with E-state index in [2.05, 4.69) is 27.5 Å². The highest BCUT2D eigenvalue weighted by atomic mass is 19.1. The molecule has 37 heavy (non-hydrogen) atoms. The van der Waals surface area contributed by atoms with Gasteiger partial charge in [0.1, 0.15) is 12.7 Å². The molecular weight excluding hydrogens is 469 g/mol. The Labute approximate surface area is 212 Å². The molecule has 4 aromatic rings. The maximum atomic E-state index is 13.5. The number of fused-ring (bicyclic) bond motifs is 1. The van der Waals surface area contributed by atoms with Crippen molar-refractivity contribution in [3.05, 3.63) is 112 Å². The average molecular weight is 490 g/mol. The molecule has 0 unspecified atom stereocenters. The van der Waals surface area contributed by atoms with Gasteiger partial charge < -0.3 is 0 Å². The molecule has 1 amide bonds. The summed E-state index contributed by atoms with van der Waals surface area (Å²) < 4.78 is 15.0. The summed E-state index contributed by atoms with van der Waals surface area (Å²) in [4.78, 5) is 19.2. The Morgan fingerprint density at radius 3 is 2.46 bits per heavy atom. The molecule has 0 saturated carbocycles. The number of nitrogens with one attached hydrogen (secondary N) is 1. The van der Waals surface area contributed by atoms with Crippen LogP contribution < -0.4 is 10.2 Å². The van der Waals surface area contributed by atoms with E-state index in [9.17, 15) is 19.7 Å². The zero-order valence-corrected chi connectivity index (χ0v) is 19.8. The molecule has 1 atom stereocenters. The smallest absolute Gasteiger partial charge is 0.258 e. The Kier molecular flexibility index (Phi) is 6.19. The SMILES string of the molecule is CC1=C(C#N)[C@@H](c2ccc(C#N)cc2)n2nc(NC(=O)c3ccccc3)nc2N1c1cccc(CF)c1. The zero-order chi connectivity index (χ0) is 25.9. The summed E-state index contributed by atoms with van der Waals surface area (Å²) in [5.41, 5.74) is 3.72. The van der Waals surface area contributed by atoms with Gasteiger partial charge in [-0.2, -0.15) is 15.5 Å². The second kappa shape index (κ2) is 9.76. The lowest BCUT2D eigenvalue weighted by molar-refractivity contribution is 0.102. The summed E-state index contributed by atoms with van der Waals surface area (Å²) in [6.45, 7) is 1.15. The van der Waals surface area contributed by atoms with Crippen LogP contribution >= 0.6 is 0 Å². The van der Waals surface area contributed by atoms with Crippen molar-refractivity contribution in [1.29, 1.82) is 10.5 Å². The number of allylic oxidation sites excluding steroid dienone is 2. The number of nitrogens with zero attached hydrogens (tertiary/aromatic N) is 6. The monoisotopic (exact) mass is 489 g/mol. The third-order valence-electron chi connectivity index (χ3n) is 6.12. The number of carbonyl (C=O) groups is 1. The van der Waals surface area contributed by atoms with Crippen LogP contribution in [0.4, 0.5) is 22.0 Å². The molecule has 0 saturated heterocycles. The van der Waals surface area contributed by atoms with E-state index in [1.54, 1.807) is 89.3 Å². The van der Waals surface area contributed by atoms with Crippen LogP contribution in [-0.2, 0) is 6.67 Å². The normalized spacial score (nSPS) is 14.5. The summed E-state index contributed by atoms with van der Waals surface area (Å²) >= 11 is 0. The van der Waals surface area contributed by atoms with Crippen molar-refractivity contribution in [1.82, 2.24) is 14.8 Å². The number of hydrogen-bond donors (Lipinski definition) is 1. The van der Waals surface area contributed by atoms with Crippen molar-refractivity contribution in [2.45, 2.75) is 19.6 Å². The van der Waals surface area contributed by atoms with Gasteiger partial charge in [0.05, 0.1) is 23.3 Å². The second-order valence-corrected chi connectivity index (χ2v) is 8.39. The number of benzene rings is 3. The Morgan fingerprint density at radius 2 is 1.78 bits per heavy atom. The van der Waals surface area contributed by atoms with E-state index < -0.39 is 12.7 Å². The second-order valence-electron chi connectivity index (χ2n) is 8.39. The topological polar surface area (TPSA) is 111 Å². The van der Waals surface area contributed by atoms with E-state index in [1.165, 1.54) is 0 Å². The summed E-state index contributed by atoms with van der Waals surface area (Å²) in [6, 6.07) is 26.2. The van der Waals surface area contributed by atoms with Gasteiger partial charge in [0.15, 0.2) is 0 Å². The zero-order valence-electron chi connectivity index (χ0n) is 19.8. The first kappa shape index (κ1) is 23.5. The van der Waals surface area contributed by atoms with E-state index in [-0.39, 0.29) is 11.9 Å². The molecule has 3 aromatic carbocycles. The number of halogens is 1. The van der Waals surface area contributed by atoms with Crippen LogP contribution in [0.5, 0.6) is 0 Å². The highest BCUT2D eigenvalue weighted by molar-refractivity contribution is 6.03. The third-order valence-corrected chi connectivity index (χ3v) is 6.12. The number of carbonyl (C=O) groups excluding carboxylic acids is 1. The van der Waals surface area contributed by atoms with Crippen molar-refractivity contribution in [3.8, 4) is 12.1 Å². The number of nitriles is 2. The van der Waals surface area contributed by atoms with Crippen molar-refractivity contribution < 1.29 is 9.18 Å². The van der Waals surface area contributed by atoms with Gasteiger partial charge in [-0.05, 0) is 54.4 Å². The van der Waals surface area contributed by atoms with Crippen molar-refractivity contribution in [2.24, 2.45) is 0 Å². The van der Waals surface area contributed by atoms with Gasteiger partial charge >= 0.3 is 0 Å². The Hall–Kier alpha value is -5.28. The predicted octanol–water partition coefficient (Wildman–Crippen LogP) is 5.41. The first-order valence-electron chi connectivity index (χ1n) is 11.4. The highest BCUT2D eigenvalue weighted by Crippen LogP contribution is 2.42. The molecule has 180 valence electrons. The van der Waals surface area contributed by atoms with Gasteiger partial charge in [-0.25, -0.2) is 9.07 Å². The number of alkyl halides is 1. The maximum Gasteiger partial charge on any atom is 0.258 e. The molecule has 1 aliphatic heterocycles. The molecule has 9 heteroatoms. The number of hydrogen-bond acceptors (Lipinski definition) is 6. The van der Waals surface area contributed by atoms with E-state index in [0.29, 0.717) is 39.6 Å². The third kappa shape index (κ3) is 4.30. The van der Waals surface area contributed by atoms with Crippen LogP contribution in [0.2, 0.25) is 0 Å². The molecule has 5 rings (SSSR count). The average Bonchev–Trinajstić information content (AvgIpc) is 3.35. The van der Waals surface area contributed by atoms with Crippen molar-refractivity contribution >= 4 is 23.5 Å². The molecule has 1 N–H and O–H groups in total. The fraction of sp³-hybridized carbons (Fsp3) is 0.107. The summed E-state index contributed by atoms with van der Waals surface area (Å²) in [7, 11) is 0. The fourth-order valence-electron chi connectivity index (χ4n) is 4.33. The van der Waals surface area contributed by atoms with E-state index >= 15 is 0 Å². The van der Waals surface area contributed by atoms with Crippen LogP contribution in [0.1, 0.15) is 40.0 Å². The summed E-state index contributed by atoms with van der Waals surface area (Å²) in [5.74, 6) is 0.0287. The number of anilines is 3. The van der Waals surface area contributed by atoms with Gasteiger partial charge in [-0.15, -0.1) is 5.10 Å². The van der Waals surface area contributed by atoms with Crippen molar-refractivity contribution in [2.75, 3.05) is 10.2 Å². The lowest BCUT2D eigenvalue weighted by atomic mass is 9.95. The molecule has 0 spiro atoms. The molecule has 8 nitrogen and oxygen atoms in total. The molecule has 0 radical (unpaired) electrons. The van der Waals surface area contributed by atoms with E-state index in [4.69, 9.17) is 0 Å². The minimum Gasteiger partial charge on any atom is -0.289 e. The molecular formula is C28H20FN7O. The van der Waals surface area contributed by atoms with Crippen molar-refractivity contribution in [3.63, 3.8) is 0 Å². The van der Waals surface area contributed by atoms with Crippen LogP contribution in [0, 0.1) is 22.7 Å². The van der Waals surface area contributed by atoms with Crippen LogP contribution in [0.25, 0.3) is 0 Å². The quantitative estimate of drug-likeness (QED) is 0.401. The molecule has 0 bridgehead atoms. The minimum atomic E-state index is -0.650. The van der Waals surface area contributed by atoms with Gasteiger partial charge in [0.2, 0.25) is 5.95 Å². The number of aromatic nitrogens is 3. The number of rotatable bonds is 5. The Balaban J connectivity index is 1.66. The van der Waals surface area contributed by atoms with Gasteiger partial charge in [-0.3, -0.25) is 15.0 Å². The van der Waals surface area contributed by atoms with Gasteiger partial charge in [0.25, 0.3) is 11.9 Å². The van der Waals surface area contributed by atoms with Gasteiger partial charge in [0, 0.05) is 16.9 Å². The number of amides is 1. The van der Waals surface area contributed by atoms with Crippen LogP contribution in [0.15, 0.2) is 90.1 Å². The van der Waals surface area contributed by atoms with Crippen LogP contribution in [-0.4, -0.2) is 20.7 Å². The molecule has 1 aromatic heterocycles. The summed E-state index contributed by atoms with van der Waals surface area (Å²) in [5, 5.41) is 26.7. The highest BCUT2D eigenvalue weighted by Gasteiger charge is 2.36. The predicted molar refractivity (Wildman–Crippen MR) is 135 cm³/mol. The lowest BCUT2D eigenvalue weighted by Crippen LogP contribution is -2.30. The van der Waals surface area contributed by atoms with Crippen LogP contribution in [0.3, 0.4) is 0 Å². The lowest BCUT2D eigenvalue weighted by Gasteiger charge is -2.34. The molecule has 1 aliphatic rings. The summed E-state index contributed by atoms with van der Waals surface area (Å²) in [6.07, 6.45) is 0. The first-order valence-corrected chi connectivity index (χ1v) is 11.4.